The lowest BCUT2D eigenvalue weighted by Crippen LogP contribution is -2.76. The minimum Gasteiger partial charge on any atom is -0.379 e. The van der Waals surface area contributed by atoms with E-state index >= 15 is 0 Å². The van der Waals surface area contributed by atoms with E-state index in [1.807, 2.05) is 0 Å². The maximum absolute atomic E-state index is 13.2. The summed E-state index contributed by atoms with van der Waals surface area (Å²) in [6.07, 6.45) is -11.5. The predicted octanol–water partition coefficient (Wildman–Crippen LogP) is 3.23. The van der Waals surface area contributed by atoms with Crippen molar-refractivity contribution in [3.63, 3.8) is 0 Å². The summed E-state index contributed by atoms with van der Waals surface area (Å²) in [5.74, 6) is 0. The van der Waals surface area contributed by atoms with Crippen LogP contribution in [0.1, 0.15) is 20.3 Å². The Balaban J connectivity index is 2.42. The maximum atomic E-state index is 13.2. The first-order chi connectivity index (χ1) is 8.93. The molecule has 2 rings (SSSR count). The Kier molecular flexibility index (Phi) is 3.57. The third kappa shape index (κ3) is 2.11. The van der Waals surface area contributed by atoms with Crippen LogP contribution in [-0.2, 0) is 4.74 Å². The van der Waals surface area contributed by atoms with Gasteiger partial charge in [0.1, 0.15) is 0 Å². The zero-order valence-corrected chi connectivity index (χ0v) is 11.2. The predicted molar refractivity (Wildman–Crippen MR) is 59.1 cm³/mol. The fourth-order valence-electron chi connectivity index (χ4n) is 3.76. The molecule has 1 saturated heterocycles. The van der Waals surface area contributed by atoms with Gasteiger partial charge in [-0.05, 0) is 11.8 Å². The van der Waals surface area contributed by atoms with Gasteiger partial charge in [0.25, 0.3) is 0 Å². The van der Waals surface area contributed by atoms with Gasteiger partial charge < -0.3 is 4.74 Å². The Hall–Kier alpha value is -0.500. The number of morpholine rings is 1. The second-order valence-corrected chi connectivity index (χ2v) is 6.18. The van der Waals surface area contributed by atoms with E-state index in [0.717, 1.165) is 0 Å². The number of halogens is 6. The van der Waals surface area contributed by atoms with Crippen LogP contribution in [0.3, 0.4) is 0 Å². The molecular formula is C12H17F6NO. The molecule has 20 heavy (non-hydrogen) atoms. The molecule has 0 aromatic heterocycles. The number of hydrogen-bond acceptors (Lipinski definition) is 2. The molecule has 0 spiro atoms. The van der Waals surface area contributed by atoms with E-state index in [1.54, 1.807) is 0 Å². The standard InChI is InChI=1S/C12H17F6NO/c1-9(2)7-10(11(13,14)15,12(16,17)18)8(9)19-3-5-20-6-4-19/h8H,3-7H2,1-2H3. The summed E-state index contributed by atoms with van der Waals surface area (Å²) >= 11 is 0. The van der Waals surface area contributed by atoms with Crippen molar-refractivity contribution in [2.45, 2.75) is 38.7 Å². The fraction of sp³-hybridized carbons (Fsp3) is 1.00. The zero-order valence-electron chi connectivity index (χ0n) is 11.2. The van der Waals surface area contributed by atoms with Crippen molar-refractivity contribution in [3.05, 3.63) is 0 Å². The van der Waals surface area contributed by atoms with Gasteiger partial charge in [-0.1, -0.05) is 13.8 Å². The molecule has 2 nitrogen and oxygen atoms in total. The normalized spacial score (nSPS) is 30.9. The molecule has 1 aliphatic heterocycles. The molecule has 0 amide bonds. The van der Waals surface area contributed by atoms with Gasteiger partial charge in [0.15, 0.2) is 5.41 Å². The van der Waals surface area contributed by atoms with Crippen molar-refractivity contribution in [2.75, 3.05) is 26.3 Å². The largest absolute Gasteiger partial charge is 0.404 e. The van der Waals surface area contributed by atoms with Crippen LogP contribution in [0, 0.1) is 10.8 Å². The van der Waals surface area contributed by atoms with Crippen LogP contribution in [0.2, 0.25) is 0 Å². The molecule has 1 unspecified atom stereocenters. The number of ether oxygens (including phenoxy) is 1. The molecule has 0 N–H and O–H groups in total. The summed E-state index contributed by atoms with van der Waals surface area (Å²) in [5, 5.41) is 0. The van der Waals surface area contributed by atoms with Crippen molar-refractivity contribution in [3.8, 4) is 0 Å². The smallest absolute Gasteiger partial charge is 0.379 e. The minimum atomic E-state index is -5.30. The summed E-state index contributed by atoms with van der Waals surface area (Å²) in [6.45, 7) is 3.45. The Morgan fingerprint density at radius 3 is 1.75 bits per heavy atom. The second-order valence-electron chi connectivity index (χ2n) is 6.18. The van der Waals surface area contributed by atoms with Crippen LogP contribution in [-0.4, -0.2) is 49.6 Å². The van der Waals surface area contributed by atoms with Crippen LogP contribution >= 0.6 is 0 Å². The van der Waals surface area contributed by atoms with Crippen molar-refractivity contribution >= 4 is 0 Å². The first kappa shape index (κ1) is 15.9. The summed E-state index contributed by atoms with van der Waals surface area (Å²) in [7, 11) is 0. The highest BCUT2D eigenvalue weighted by Gasteiger charge is 2.83. The lowest BCUT2D eigenvalue weighted by atomic mass is 9.48. The van der Waals surface area contributed by atoms with E-state index in [9.17, 15) is 26.3 Å². The maximum Gasteiger partial charge on any atom is 0.404 e. The van der Waals surface area contributed by atoms with Gasteiger partial charge in [0, 0.05) is 19.1 Å². The van der Waals surface area contributed by atoms with Crippen LogP contribution < -0.4 is 0 Å². The number of alkyl halides is 6. The van der Waals surface area contributed by atoms with E-state index in [1.165, 1.54) is 18.7 Å². The van der Waals surface area contributed by atoms with Gasteiger partial charge in [0.2, 0.25) is 0 Å². The number of hydrogen-bond donors (Lipinski definition) is 0. The molecule has 1 aliphatic carbocycles. The SMILES string of the molecule is CC1(C)CC(C(F)(F)F)(C(F)(F)F)C1N1CCOCC1. The Morgan fingerprint density at radius 2 is 1.40 bits per heavy atom. The van der Waals surface area contributed by atoms with Crippen LogP contribution in [0.4, 0.5) is 26.3 Å². The van der Waals surface area contributed by atoms with Crippen molar-refractivity contribution in [1.29, 1.82) is 0 Å². The average Bonchev–Trinajstić information content (AvgIpc) is 2.24. The first-order valence-corrected chi connectivity index (χ1v) is 6.39. The molecular weight excluding hydrogens is 288 g/mol. The molecule has 1 heterocycles. The third-order valence-electron chi connectivity index (χ3n) is 4.36. The Bertz CT molecular complexity index is 355. The Morgan fingerprint density at radius 1 is 0.950 bits per heavy atom. The highest BCUT2D eigenvalue weighted by atomic mass is 19.4. The lowest BCUT2D eigenvalue weighted by molar-refractivity contribution is -0.412. The van der Waals surface area contributed by atoms with Crippen LogP contribution in [0.25, 0.3) is 0 Å². The highest BCUT2D eigenvalue weighted by Crippen LogP contribution is 2.69. The summed E-state index contributed by atoms with van der Waals surface area (Å²) in [6, 6.07) is -1.58. The molecule has 2 aliphatic rings. The molecule has 118 valence electrons. The van der Waals surface area contributed by atoms with Gasteiger partial charge in [-0.25, -0.2) is 0 Å². The molecule has 0 aromatic carbocycles. The quantitative estimate of drug-likeness (QED) is 0.690. The van der Waals surface area contributed by atoms with E-state index in [2.05, 4.69) is 0 Å². The van der Waals surface area contributed by atoms with Gasteiger partial charge in [-0.15, -0.1) is 0 Å². The number of rotatable bonds is 1. The second kappa shape index (κ2) is 4.50. The topological polar surface area (TPSA) is 12.5 Å². The van der Waals surface area contributed by atoms with Crippen LogP contribution in [0.5, 0.6) is 0 Å². The van der Waals surface area contributed by atoms with Crippen molar-refractivity contribution in [2.24, 2.45) is 10.8 Å². The molecule has 1 saturated carbocycles. The van der Waals surface area contributed by atoms with Crippen molar-refractivity contribution < 1.29 is 31.1 Å². The molecule has 2 fully saturated rings. The van der Waals surface area contributed by atoms with E-state index in [0.29, 0.717) is 0 Å². The monoisotopic (exact) mass is 305 g/mol. The van der Waals surface area contributed by atoms with Gasteiger partial charge in [-0.3, -0.25) is 4.90 Å². The zero-order chi connectivity index (χ0) is 15.4. The van der Waals surface area contributed by atoms with Gasteiger partial charge >= 0.3 is 12.4 Å². The molecule has 0 bridgehead atoms. The first-order valence-electron chi connectivity index (χ1n) is 6.39. The van der Waals surface area contributed by atoms with Crippen molar-refractivity contribution in [1.82, 2.24) is 4.90 Å². The molecule has 0 radical (unpaired) electrons. The van der Waals surface area contributed by atoms with Gasteiger partial charge in [0.05, 0.1) is 13.2 Å². The van der Waals surface area contributed by atoms with E-state index in [-0.39, 0.29) is 26.3 Å². The van der Waals surface area contributed by atoms with E-state index in [4.69, 9.17) is 4.74 Å². The number of nitrogens with zero attached hydrogens (tertiary/aromatic N) is 1. The molecule has 0 aromatic rings. The third-order valence-corrected chi connectivity index (χ3v) is 4.36. The minimum absolute atomic E-state index is 0.0992. The van der Waals surface area contributed by atoms with Crippen LogP contribution in [0.15, 0.2) is 0 Å². The lowest BCUT2D eigenvalue weighted by Gasteiger charge is -2.64. The average molecular weight is 305 g/mol. The summed E-state index contributed by atoms with van der Waals surface area (Å²) < 4.78 is 84.4. The Labute approximate surface area is 113 Å². The highest BCUT2D eigenvalue weighted by molar-refractivity contribution is 5.18. The molecule has 8 heteroatoms. The fourth-order valence-corrected chi connectivity index (χ4v) is 3.76. The van der Waals surface area contributed by atoms with E-state index < -0.39 is 35.6 Å². The van der Waals surface area contributed by atoms with Gasteiger partial charge in [-0.2, -0.15) is 26.3 Å². The summed E-state index contributed by atoms with van der Waals surface area (Å²) in [4.78, 5) is 1.29. The molecule has 1 atom stereocenters. The summed E-state index contributed by atoms with van der Waals surface area (Å²) in [5.41, 5.74) is -4.65.